The van der Waals surface area contributed by atoms with Gasteiger partial charge in [0.25, 0.3) is 0 Å². The molecule has 0 spiro atoms. The number of anilines is 1. The summed E-state index contributed by atoms with van der Waals surface area (Å²) in [6.45, 7) is 1.64. The van der Waals surface area contributed by atoms with E-state index in [9.17, 15) is 9.59 Å². The van der Waals surface area contributed by atoms with E-state index in [1.54, 1.807) is 36.7 Å². The van der Waals surface area contributed by atoms with E-state index in [0.717, 1.165) is 4.47 Å². The van der Waals surface area contributed by atoms with Crippen molar-refractivity contribution in [3.8, 4) is 0 Å². The molecule has 0 aliphatic heterocycles. The zero-order chi connectivity index (χ0) is 13.8. The molecule has 98 valence electrons. The van der Waals surface area contributed by atoms with Gasteiger partial charge in [0.1, 0.15) is 6.54 Å². The molecule has 0 saturated carbocycles. The number of aromatic nitrogens is 2. The first-order valence-corrected chi connectivity index (χ1v) is 6.43. The fraction of sp³-hybridized carbons (Fsp3) is 0.154. The van der Waals surface area contributed by atoms with Crippen molar-refractivity contribution in [1.82, 2.24) is 9.78 Å². The summed E-state index contributed by atoms with van der Waals surface area (Å²) in [4.78, 5) is 22.9. The van der Waals surface area contributed by atoms with E-state index in [1.165, 1.54) is 11.6 Å². The maximum atomic E-state index is 11.8. The molecule has 0 bridgehead atoms. The summed E-state index contributed by atoms with van der Waals surface area (Å²) < 4.78 is 2.36. The Balaban J connectivity index is 1.97. The lowest BCUT2D eigenvalue weighted by Crippen LogP contribution is -2.18. The molecule has 1 aromatic carbocycles. The number of hydrogen-bond donors (Lipinski definition) is 1. The molecule has 0 aliphatic rings. The molecule has 0 fully saturated rings. The minimum atomic E-state index is -0.175. The van der Waals surface area contributed by atoms with Gasteiger partial charge in [-0.05, 0) is 47.1 Å². The first kappa shape index (κ1) is 13.5. The molecule has 1 heterocycles. The van der Waals surface area contributed by atoms with Gasteiger partial charge in [0.05, 0.1) is 10.7 Å². The first-order chi connectivity index (χ1) is 9.04. The van der Waals surface area contributed by atoms with Crippen molar-refractivity contribution in [3.05, 3.63) is 46.7 Å². The fourth-order valence-corrected chi connectivity index (χ4v) is 1.89. The minimum absolute atomic E-state index is 0.000678. The molecule has 0 unspecified atom stereocenters. The maximum absolute atomic E-state index is 11.8. The van der Waals surface area contributed by atoms with Gasteiger partial charge in [-0.3, -0.25) is 14.3 Å². The standard InChI is InChI=1S/C13H12BrN3O2/c1-9(18)10-2-4-12(5-3-10)16-13(19)8-17-7-11(14)6-15-17/h2-7H,8H2,1H3,(H,16,19). The molecule has 1 amide bonds. The Labute approximate surface area is 118 Å². The predicted molar refractivity (Wildman–Crippen MR) is 75.0 cm³/mol. The molecule has 2 aromatic rings. The smallest absolute Gasteiger partial charge is 0.246 e. The Morgan fingerprint density at radius 1 is 1.32 bits per heavy atom. The monoisotopic (exact) mass is 321 g/mol. The Morgan fingerprint density at radius 2 is 2.00 bits per heavy atom. The van der Waals surface area contributed by atoms with Crippen molar-refractivity contribution in [3.63, 3.8) is 0 Å². The molecule has 0 saturated heterocycles. The van der Waals surface area contributed by atoms with Gasteiger partial charge in [-0.2, -0.15) is 5.10 Å². The van der Waals surface area contributed by atoms with Crippen molar-refractivity contribution in [1.29, 1.82) is 0 Å². The van der Waals surface area contributed by atoms with Crippen LogP contribution in [0.25, 0.3) is 0 Å². The number of hydrogen-bond acceptors (Lipinski definition) is 3. The summed E-state index contributed by atoms with van der Waals surface area (Å²) in [6, 6.07) is 6.77. The van der Waals surface area contributed by atoms with Crippen LogP contribution < -0.4 is 5.32 Å². The van der Waals surface area contributed by atoms with Gasteiger partial charge in [0.2, 0.25) is 5.91 Å². The molecule has 6 heteroatoms. The van der Waals surface area contributed by atoms with Crippen molar-refractivity contribution in [2.45, 2.75) is 13.5 Å². The highest BCUT2D eigenvalue weighted by Gasteiger charge is 2.05. The van der Waals surface area contributed by atoms with E-state index in [4.69, 9.17) is 0 Å². The van der Waals surface area contributed by atoms with Crippen LogP contribution in [0, 0.1) is 0 Å². The maximum Gasteiger partial charge on any atom is 0.246 e. The van der Waals surface area contributed by atoms with Crippen LogP contribution in [-0.4, -0.2) is 21.5 Å². The van der Waals surface area contributed by atoms with Crippen LogP contribution in [0.3, 0.4) is 0 Å². The number of ketones is 1. The summed E-state index contributed by atoms with van der Waals surface area (Å²) in [5, 5.41) is 6.74. The average Bonchev–Trinajstić information content (AvgIpc) is 2.75. The van der Waals surface area contributed by atoms with Gasteiger partial charge in [-0.25, -0.2) is 0 Å². The second-order valence-electron chi connectivity index (χ2n) is 4.04. The predicted octanol–water partition coefficient (Wildman–Crippen LogP) is 2.49. The van der Waals surface area contributed by atoms with E-state index in [2.05, 4.69) is 26.3 Å². The molecular weight excluding hydrogens is 310 g/mol. The zero-order valence-electron chi connectivity index (χ0n) is 10.3. The number of benzene rings is 1. The minimum Gasteiger partial charge on any atom is -0.324 e. The topological polar surface area (TPSA) is 64.0 Å². The lowest BCUT2D eigenvalue weighted by molar-refractivity contribution is -0.116. The summed E-state index contributed by atoms with van der Waals surface area (Å²) >= 11 is 3.26. The Morgan fingerprint density at radius 3 is 2.53 bits per heavy atom. The number of carbonyl (C=O) groups excluding carboxylic acids is 2. The molecule has 2 rings (SSSR count). The van der Waals surface area contributed by atoms with E-state index < -0.39 is 0 Å². The van der Waals surface area contributed by atoms with Crippen LogP contribution in [0.5, 0.6) is 0 Å². The van der Waals surface area contributed by atoms with Crippen molar-refractivity contribution in [2.75, 3.05) is 5.32 Å². The lowest BCUT2D eigenvalue weighted by atomic mass is 10.1. The third-order valence-electron chi connectivity index (χ3n) is 2.48. The van der Waals surface area contributed by atoms with E-state index in [0.29, 0.717) is 11.3 Å². The number of nitrogens with zero attached hydrogens (tertiary/aromatic N) is 2. The summed E-state index contributed by atoms with van der Waals surface area (Å²) in [5.41, 5.74) is 1.27. The molecule has 0 aliphatic carbocycles. The summed E-state index contributed by atoms with van der Waals surface area (Å²) in [6.07, 6.45) is 3.34. The van der Waals surface area contributed by atoms with E-state index >= 15 is 0 Å². The normalized spacial score (nSPS) is 10.2. The van der Waals surface area contributed by atoms with E-state index in [-0.39, 0.29) is 18.2 Å². The lowest BCUT2D eigenvalue weighted by Gasteiger charge is -2.05. The molecule has 19 heavy (non-hydrogen) atoms. The highest BCUT2D eigenvalue weighted by molar-refractivity contribution is 9.10. The van der Waals surface area contributed by atoms with Crippen LogP contribution in [0.2, 0.25) is 0 Å². The number of Topliss-reactive ketones (excluding diaryl/α,β-unsaturated/α-hetero) is 1. The van der Waals surface area contributed by atoms with Crippen LogP contribution in [-0.2, 0) is 11.3 Å². The first-order valence-electron chi connectivity index (χ1n) is 5.63. The van der Waals surface area contributed by atoms with Gasteiger partial charge >= 0.3 is 0 Å². The summed E-state index contributed by atoms with van der Waals surface area (Å²) in [7, 11) is 0. The van der Waals surface area contributed by atoms with Gasteiger partial charge in [0, 0.05) is 17.4 Å². The molecular formula is C13H12BrN3O2. The van der Waals surface area contributed by atoms with Crippen LogP contribution in [0.15, 0.2) is 41.1 Å². The third kappa shape index (κ3) is 3.75. The number of nitrogens with one attached hydrogen (secondary N) is 1. The van der Waals surface area contributed by atoms with Crippen LogP contribution in [0.1, 0.15) is 17.3 Å². The molecule has 0 atom stereocenters. The quantitative estimate of drug-likeness (QED) is 0.880. The highest BCUT2D eigenvalue weighted by atomic mass is 79.9. The molecule has 1 aromatic heterocycles. The van der Waals surface area contributed by atoms with E-state index in [1.807, 2.05) is 0 Å². The van der Waals surface area contributed by atoms with Gasteiger partial charge < -0.3 is 5.32 Å². The van der Waals surface area contributed by atoms with Gasteiger partial charge in [-0.15, -0.1) is 0 Å². The van der Waals surface area contributed by atoms with Crippen LogP contribution >= 0.6 is 15.9 Å². The average molecular weight is 322 g/mol. The van der Waals surface area contributed by atoms with Gasteiger partial charge in [0.15, 0.2) is 5.78 Å². The second kappa shape index (κ2) is 5.79. The zero-order valence-corrected chi connectivity index (χ0v) is 11.8. The Hall–Kier alpha value is -1.95. The molecule has 5 nitrogen and oxygen atoms in total. The second-order valence-corrected chi connectivity index (χ2v) is 4.95. The number of carbonyl (C=O) groups is 2. The fourth-order valence-electron chi connectivity index (χ4n) is 1.56. The van der Waals surface area contributed by atoms with Crippen molar-refractivity contribution >= 4 is 33.3 Å². The number of halogens is 1. The third-order valence-corrected chi connectivity index (χ3v) is 2.89. The molecule has 1 N–H and O–H groups in total. The number of amides is 1. The number of rotatable bonds is 4. The van der Waals surface area contributed by atoms with Crippen molar-refractivity contribution in [2.24, 2.45) is 0 Å². The van der Waals surface area contributed by atoms with Crippen LogP contribution in [0.4, 0.5) is 5.69 Å². The SMILES string of the molecule is CC(=O)c1ccc(NC(=O)Cn2cc(Br)cn2)cc1. The highest BCUT2D eigenvalue weighted by Crippen LogP contribution is 2.10. The summed E-state index contributed by atoms with van der Waals surface area (Å²) in [5.74, 6) is -0.176. The van der Waals surface area contributed by atoms with Crippen molar-refractivity contribution < 1.29 is 9.59 Å². The molecule has 0 radical (unpaired) electrons. The van der Waals surface area contributed by atoms with Gasteiger partial charge in [-0.1, -0.05) is 0 Å². The largest absolute Gasteiger partial charge is 0.324 e. The Kier molecular flexibility index (Phi) is 4.11. The Bertz CT molecular complexity index is 605.